The molecule has 5 rings (SSSR count). The number of benzene rings is 2. The smallest absolute Gasteiger partial charge is 0.316 e. The molecule has 0 saturated carbocycles. The highest BCUT2D eigenvalue weighted by Crippen LogP contribution is 2.31. The Kier molecular flexibility index (Phi) is 4.55. The van der Waals surface area contributed by atoms with Crippen molar-refractivity contribution in [3.63, 3.8) is 0 Å². The molecule has 0 aliphatic heterocycles. The van der Waals surface area contributed by atoms with Crippen LogP contribution in [-0.2, 0) is 0 Å². The van der Waals surface area contributed by atoms with Gasteiger partial charge in [0.1, 0.15) is 40.1 Å². The molecule has 0 aliphatic carbocycles. The number of anilines is 2. The number of ether oxygens (including phenoxy) is 2. The van der Waals surface area contributed by atoms with Crippen LogP contribution in [0.4, 0.5) is 11.5 Å². The zero-order valence-electron chi connectivity index (χ0n) is 17.1. The molecule has 31 heavy (non-hydrogen) atoms. The molecule has 5 aromatic rings. The van der Waals surface area contributed by atoms with Crippen LogP contribution in [0.5, 0.6) is 17.5 Å². The summed E-state index contributed by atoms with van der Waals surface area (Å²) in [6.07, 6.45) is 3.07. The van der Waals surface area contributed by atoms with Crippen molar-refractivity contribution in [3.05, 3.63) is 60.2 Å². The monoisotopic (exact) mass is 414 g/mol. The highest BCUT2D eigenvalue weighted by Gasteiger charge is 2.11. The zero-order chi connectivity index (χ0) is 21.4. The van der Waals surface area contributed by atoms with Crippen molar-refractivity contribution in [1.29, 1.82) is 0 Å². The summed E-state index contributed by atoms with van der Waals surface area (Å²) in [6, 6.07) is 11.7. The predicted octanol–water partition coefficient (Wildman–Crippen LogP) is 4.72. The fourth-order valence-corrected chi connectivity index (χ4v) is 3.25. The number of hydrogen-bond acceptors (Lipinski definition) is 9. The third-order valence-electron chi connectivity index (χ3n) is 4.83. The van der Waals surface area contributed by atoms with Gasteiger partial charge in [-0.15, -0.1) is 0 Å². The van der Waals surface area contributed by atoms with Crippen LogP contribution in [0.25, 0.3) is 21.9 Å². The third kappa shape index (κ3) is 3.57. The maximum Gasteiger partial charge on any atom is 0.316 e. The first-order valence-electron chi connectivity index (χ1n) is 9.54. The van der Waals surface area contributed by atoms with Crippen molar-refractivity contribution >= 4 is 33.4 Å². The minimum Gasteiger partial charge on any atom is -0.467 e. The molecule has 1 N–H and O–H groups in total. The highest BCUT2D eigenvalue weighted by atomic mass is 16.5. The molecule has 9 heteroatoms. The second-order valence-corrected chi connectivity index (χ2v) is 6.94. The second-order valence-electron chi connectivity index (χ2n) is 6.94. The Labute approximate surface area is 177 Å². The fraction of sp³-hybridized carbons (Fsp3) is 0.136. The molecule has 3 aromatic heterocycles. The second kappa shape index (κ2) is 7.52. The predicted molar refractivity (Wildman–Crippen MR) is 115 cm³/mol. The van der Waals surface area contributed by atoms with Gasteiger partial charge in [0.15, 0.2) is 5.82 Å². The van der Waals surface area contributed by atoms with Crippen LogP contribution >= 0.6 is 0 Å². The molecule has 9 nitrogen and oxygen atoms in total. The summed E-state index contributed by atoms with van der Waals surface area (Å²) in [6.45, 7) is 3.86. The number of hydrogen-bond donors (Lipinski definition) is 1. The zero-order valence-corrected chi connectivity index (χ0v) is 17.1. The largest absolute Gasteiger partial charge is 0.467 e. The molecule has 0 aliphatic rings. The van der Waals surface area contributed by atoms with Crippen molar-refractivity contribution in [1.82, 2.24) is 25.1 Å². The van der Waals surface area contributed by atoms with Gasteiger partial charge in [0, 0.05) is 17.1 Å². The van der Waals surface area contributed by atoms with Crippen molar-refractivity contribution in [2.75, 3.05) is 12.4 Å². The van der Waals surface area contributed by atoms with Crippen LogP contribution in [-0.4, -0.2) is 32.2 Å². The Morgan fingerprint density at radius 3 is 2.71 bits per heavy atom. The van der Waals surface area contributed by atoms with Gasteiger partial charge in [0.05, 0.1) is 13.3 Å². The molecule has 154 valence electrons. The molecule has 0 radical (unpaired) electrons. The van der Waals surface area contributed by atoms with Crippen LogP contribution in [0.2, 0.25) is 0 Å². The standard InChI is InChI=1S/C22H18N6O3/c1-12-8-14(26-21-20-18(24-11-25-21)10-23-22(27-20)29-3)4-7-19(12)30-15-5-6-16-13(2)31-28-17(16)9-15/h4-11H,1-3H3,(H,24,25,26). The molecule has 0 spiro atoms. The lowest BCUT2D eigenvalue weighted by atomic mass is 10.2. The van der Waals surface area contributed by atoms with Gasteiger partial charge >= 0.3 is 6.01 Å². The van der Waals surface area contributed by atoms with Crippen molar-refractivity contribution in [2.45, 2.75) is 13.8 Å². The average Bonchev–Trinajstić information content (AvgIpc) is 3.15. The van der Waals surface area contributed by atoms with E-state index in [9.17, 15) is 0 Å². The number of aromatic nitrogens is 5. The van der Waals surface area contributed by atoms with Gasteiger partial charge in [-0.2, -0.15) is 4.98 Å². The maximum atomic E-state index is 6.06. The lowest BCUT2D eigenvalue weighted by molar-refractivity contribution is 0.381. The Morgan fingerprint density at radius 1 is 0.968 bits per heavy atom. The van der Waals surface area contributed by atoms with Crippen LogP contribution < -0.4 is 14.8 Å². The molecule has 3 heterocycles. The quantitative estimate of drug-likeness (QED) is 0.437. The molecular formula is C22H18N6O3. The van der Waals surface area contributed by atoms with E-state index in [2.05, 4.69) is 30.4 Å². The van der Waals surface area contributed by atoms with Crippen LogP contribution in [0, 0.1) is 13.8 Å². The molecule has 0 saturated heterocycles. The first kappa shape index (κ1) is 18.7. The van der Waals surface area contributed by atoms with Gasteiger partial charge in [-0.25, -0.2) is 15.0 Å². The lowest BCUT2D eigenvalue weighted by Crippen LogP contribution is -2.00. The number of rotatable bonds is 5. The van der Waals surface area contributed by atoms with Crippen molar-refractivity contribution in [2.24, 2.45) is 0 Å². The summed E-state index contributed by atoms with van der Waals surface area (Å²) in [5, 5.41) is 8.30. The van der Waals surface area contributed by atoms with Crippen molar-refractivity contribution in [3.8, 4) is 17.5 Å². The number of methoxy groups -OCH3 is 1. The van der Waals surface area contributed by atoms with E-state index in [0.717, 1.165) is 33.7 Å². The maximum absolute atomic E-state index is 6.06. The topological polar surface area (TPSA) is 108 Å². The van der Waals surface area contributed by atoms with E-state index >= 15 is 0 Å². The fourth-order valence-electron chi connectivity index (χ4n) is 3.25. The van der Waals surface area contributed by atoms with Gasteiger partial charge in [-0.05, 0) is 49.7 Å². The van der Waals surface area contributed by atoms with E-state index in [1.54, 1.807) is 6.20 Å². The molecule has 0 bridgehead atoms. The summed E-state index contributed by atoms with van der Waals surface area (Å²) >= 11 is 0. The summed E-state index contributed by atoms with van der Waals surface area (Å²) in [5.41, 5.74) is 3.74. The Morgan fingerprint density at radius 2 is 1.87 bits per heavy atom. The highest BCUT2D eigenvalue weighted by molar-refractivity contribution is 5.86. The van der Waals surface area contributed by atoms with E-state index < -0.39 is 0 Å². The Hall–Kier alpha value is -4.27. The third-order valence-corrected chi connectivity index (χ3v) is 4.83. The molecular weight excluding hydrogens is 396 g/mol. The number of aryl methyl sites for hydroxylation is 2. The first-order valence-corrected chi connectivity index (χ1v) is 9.54. The van der Waals surface area contributed by atoms with E-state index in [4.69, 9.17) is 14.0 Å². The van der Waals surface area contributed by atoms with Gasteiger partial charge < -0.3 is 19.3 Å². The van der Waals surface area contributed by atoms with Gasteiger partial charge in [-0.1, -0.05) is 5.16 Å². The summed E-state index contributed by atoms with van der Waals surface area (Å²) in [7, 11) is 1.52. The average molecular weight is 414 g/mol. The van der Waals surface area contributed by atoms with E-state index in [-0.39, 0.29) is 6.01 Å². The molecule has 0 atom stereocenters. The van der Waals surface area contributed by atoms with E-state index in [1.165, 1.54) is 13.4 Å². The molecule has 2 aromatic carbocycles. The van der Waals surface area contributed by atoms with Crippen LogP contribution in [0.15, 0.2) is 53.4 Å². The number of fused-ring (bicyclic) bond motifs is 2. The normalized spacial score (nSPS) is 11.1. The minimum atomic E-state index is 0.254. The molecule has 0 fully saturated rings. The van der Waals surface area contributed by atoms with Gasteiger partial charge in [0.2, 0.25) is 0 Å². The van der Waals surface area contributed by atoms with Crippen molar-refractivity contribution < 1.29 is 14.0 Å². The van der Waals surface area contributed by atoms with Crippen LogP contribution in [0.3, 0.4) is 0 Å². The summed E-state index contributed by atoms with van der Waals surface area (Å²) < 4.78 is 16.4. The Bertz CT molecular complexity index is 1420. The van der Waals surface area contributed by atoms with E-state index in [0.29, 0.717) is 22.6 Å². The van der Waals surface area contributed by atoms with Gasteiger partial charge in [-0.3, -0.25) is 0 Å². The summed E-state index contributed by atoms with van der Waals surface area (Å²) in [4.78, 5) is 16.9. The summed E-state index contributed by atoms with van der Waals surface area (Å²) in [5.74, 6) is 2.77. The lowest BCUT2D eigenvalue weighted by Gasteiger charge is -2.12. The Balaban J connectivity index is 1.41. The minimum absolute atomic E-state index is 0.254. The molecule has 0 unspecified atom stereocenters. The SMILES string of the molecule is COc1ncc2ncnc(Nc3ccc(Oc4ccc5c(C)onc5c4)c(C)c3)c2n1. The number of nitrogens with one attached hydrogen (secondary N) is 1. The van der Waals surface area contributed by atoms with E-state index in [1.807, 2.05) is 50.2 Å². The molecule has 0 amide bonds. The first-order chi connectivity index (χ1) is 15.1. The van der Waals surface area contributed by atoms with Gasteiger partial charge in [0.25, 0.3) is 0 Å². The number of nitrogens with zero attached hydrogens (tertiary/aromatic N) is 5. The van der Waals surface area contributed by atoms with Crippen LogP contribution in [0.1, 0.15) is 11.3 Å².